The molecule has 0 saturated carbocycles. The molecule has 0 spiro atoms. The van der Waals surface area contributed by atoms with Gasteiger partial charge in [0.1, 0.15) is 5.82 Å². The van der Waals surface area contributed by atoms with Crippen LogP contribution in [0.25, 0.3) is 0 Å². The zero-order valence-electron chi connectivity index (χ0n) is 10.5. The lowest BCUT2D eigenvalue weighted by Crippen LogP contribution is -2.27. The Kier molecular flexibility index (Phi) is 5.10. The second-order valence-corrected chi connectivity index (χ2v) is 4.39. The third kappa shape index (κ3) is 4.95. The normalized spacial score (nSPS) is 10.6. The molecule has 1 aromatic carbocycles. The van der Waals surface area contributed by atoms with Crippen LogP contribution in [-0.2, 0) is 4.79 Å². The van der Waals surface area contributed by atoms with Crippen LogP contribution < -0.4 is 10.6 Å². The number of aryl methyl sites for hydroxylation is 1. The quantitative estimate of drug-likeness (QED) is 0.827. The first-order chi connectivity index (χ1) is 7.99. The van der Waals surface area contributed by atoms with Crippen LogP contribution in [0.15, 0.2) is 18.2 Å². The van der Waals surface area contributed by atoms with E-state index in [4.69, 9.17) is 0 Å². The Labute approximate surface area is 101 Å². The summed E-state index contributed by atoms with van der Waals surface area (Å²) >= 11 is 0. The number of amides is 1. The van der Waals surface area contributed by atoms with Crippen molar-refractivity contribution in [2.24, 2.45) is 0 Å². The second-order valence-electron chi connectivity index (χ2n) is 4.39. The number of anilines is 1. The Bertz CT molecular complexity index is 391. The molecule has 0 atom stereocenters. The van der Waals surface area contributed by atoms with Crippen molar-refractivity contribution in [2.45, 2.75) is 33.2 Å². The molecule has 0 saturated heterocycles. The maximum atomic E-state index is 13.4. The smallest absolute Gasteiger partial charge is 0.225 e. The summed E-state index contributed by atoms with van der Waals surface area (Å²) in [6.07, 6.45) is 0.339. The lowest BCUT2D eigenvalue weighted by molar-refractivity contribution is -0.116. The van der Waals surface area contributed by atoms with E-state index in [1.54, 1.807) is 19.1 Å². The van der Waals surface area contributed by atoms with Gasteiger partial charge in [-0.05, 0) is 24.6 Å². The number of hydrogen-bond acceptors (Lipinski definition) is 2. The molecule has 0 aliphatic rings. The van der Waals surface area contributed by atoms with Gasteiger partial charge in [-0.1, -0.05) is 19.9 Å². The number of benzene rings is 1. The lowest BCUT2D eigenvalue weighted by Gasteiger charge is -2.09. The first kappa shape index (κ1) is 13.6. The fourth-order valence-electron chi connectivity index (χ4n) is 1.41. The predicted octanol–water partition coefficient (Wildman–Crippen LogP) is 2.46. The van der Waals surface area contributed by atoms with Crippen LogP contribution in [0.5, 0.6) is 0 Å². The second kappa shape index (κ2) is 6.35. The molecule has 0 radical (unpaired) electrons. The highest BCUT2D eigenvalue weighted by Gasteiger charge is 2.06. The van der Waals surface area contributed by atoms with Crippen molar-refractivity contribution >= 4 is 11.6 Å². The Morgan fingerprint density at radius 1 is 1.41 bits per heavy atom. The largest absolute Gasteiger partial charge is 0.324 e. The molecule has 0 bridgehead atoms. The Hall–Kier alpha value is -1.42. The minimum Gasteiger partial charge on any atom is -0.324 e. The van der Waals surface area contributed by atoms with E-state index in [2.05, 4.69) is 10.6 Å². The molecule has 1 aromatic rings. The van der Waals surface area contributed by atoms with Gasteiger partial charge in [-0.2, -0.15) is 0 Å². The van der Waals surface area contributed by atoms with Crippen LogP contribution in [0.2, 0.25) is 0 Å². The van der Waals surface area contributed by atoms with E-state index >= 15 is 0 Å². The van der Waals surface area contributed by atoms with Gasteiger partial charge in [-0.3, -0.25) is 4.79 Å². The minimum absolute atomic E-state index is 0.180. The van der Waals surface area contributed by atoms with E-state index in [9.17, 15) is 9.18 Å². The average Bonchev–Trinajstić information content (AvgIpc) is 2.21. The lowest BCUT2D eigenvalue weighted by atomic mass is 10.2. The summed E-state index contributed by atoms with van der Waals surface area (Å²) in [5.74, 6) is -0.573. The summed E-state index contributed by atoms with van der Waals surface area (Å²) < 4.78 is 13.4. The van der Waals surface area contributed by atoms with Gasteiger partial charge in [0.2, 0.25) is 5.91 Å². The third-order valence-corrected chi connectivity index (χ3v) is 2.30. The average molecular weight is 238 g/mol. The predicted molar refractivity (Wildman–Crippen MR) is 67.5 cm³/mol. The van der Waals surface area contributed by atoms with Gasteiger partial charge in [0.05, 0.1) is 5.69 Å². The molecule has 0 aliphatic carbocycles. The van der Waals surface area contributed by atoms with Crippen molar-refractivity contribution in [3.8, 4) is 0 Å². The fraction of sp³-hybridized carbons (Fsp3) is 0.462. The summed E-state index contributed by atoms with van der Waals surface area (Å²) in [4.78, 5) is 11.5. The Morgan fingerprint density at radius 2 is 2.12 bits per heavy atom. The van der Waals surface area contributed by atoms with Crippen LogP contribution in [0.4, 0.5) is 10.1 Å². The van der Waals surface area contributed by atoms with E-state index in [0.29, 0.717) is 19.0 Å². The number of rotatable bonds is 5. The van der Waals surface area contributed by atoms with Crippen molar-refractivity contribution in [1.82, 2.24) is 5.32 Å². The highest BCUT2D eigenvalue weighted by molar-refractivity contribution is 5.90. The zero-order chi connectivity index (χ0) is 12.8. The molecule has 0 heterocycles. The molecule has 2 N–H and O–H groups in total. The summed E-state index contributed by atoms with van der Waals surface area (Å²) in [6.45, 7) is 6.42. The summed E-state index contributed by atoms with van der Waals surface area (Å²) in [7, 11) is 0. The van der Waals surface area contributed by atoms with Crippen molar-refractivity contribution in [1.29, 1.82) is 0 Å². The first-order valence-electron chi connectivity index (χ1n) is 5.78. The highest BCUT2D eigenvalue weighted by atomic mass is 19.1. The van der Waals surface area contributed by atoms with Gasteiger partial charge in [0.25, 0.3) is 0 Å². The van der Waals surface area contributed by atoms with E-state index in [1.165, 1.54) is 6.07 Å². The molecule has 0 unspecified atom stereocenters. The van der Waals surface area contributed by atoms with E-state index in [1.807, 2.05) is 13.8 Å². The van der Waals surface area contributed by atoms with Crippen molar-refractivity contribution in [2.75, 3.05) is 11.9 Å². The molecular formula is C13H19FN2O. The molecule has 3 nitrogen and oxygen atoms in total. The number of nitrogens with one attached hydrogen (secondary N) is 2. The molecule has 0 aliphatic heterocycles. The Balaban J connectivity index is 2.45. The SMILES string of the molecule is Cc1ccc(NC(=O)CCNC(C)C)c(F)c1. The topological polar surface area (TPSA) is 41.1 Å². The van der Waals surface area contributed by atoms with Crippen LogP contribution in [0.3, 0.4) is 0 Å². The van der Waals surface area contributed by atoms with E-state index in [-0.39, 0.29) is 11.6 Å². The molecule has 1 rings (SSSR count). The molecule has 1 amide bonds. The molecule has 94 valence electrons. The van der Waals surface area contributed by atoms with Crippen molar-refractivity contribution in [3.05, 3.63) is 29.6 Å². The summed E-state index contributed by atoms with van der Waals surface area (Å²) in [5, 5.41) is 5.69. The Morgan fingerprint density at radius 3 is 2.71 bits per heavy atom. The number of halogens is 1. The van der Waals surface area contributed by atoms with E-state index < -0.39 is 5.82 Å². The summed E-state index contributed by atoms with van der Waals surface area (Å²) in [5.41, 5.74) is 1.08. The van der Waals surface area contributed by atoms with Gasteiger partial charge in [0, 0.05) is 19.0 Å². The van der Waals surface area contributed by atoms with Crippen molar-refractivity contribution < 1.29 is 9.18 Å². The monoisotopic (exact) mass is 238 g/mol. The van der Waals surface area contributed by atoms with Crippen LogP contribution >= 0.6 is 0 Å². The van der Waals surface area contributed by atoms with E-state index in [0.717, 1.165) is 5.56 Å². The molecule has 0 aromatic heterocycles. The maximum Gasteiger partial charge on any atom is 0.225 e. The fourth-order valence-corrected chi connectivity index (χ4v) is 1.41. The van der Waals surface area contributed by atoms with Gasteiger partial charge >= 0.3 is 0 Å². The molecule has 0 fully saturated rings. The van der Waals surface area contributed by atoms with Crippen LogP contribution in [0.1, 0.15) is 25.8 Å². The third-order valence-electron chi connectivity index (χ3n) is 2.30. The minimum atomic E-state index is -0.393. The number of carbonyl (C=O) groups excluding carboxylic acids is 1. The summed E-state index contributed by atoms with van der Waals surface area (Å²) in [6, 6.07) is 5.10. The van der Waals surface area contributed by atoms with Gasteiger partial charge in [0.15, 0.2) is 0 Å². The molecular weight excluding hydrogens is 219 g/mol. The number of hydrogen-bond donors (Lipinski definition) is 2. The molecule has 4 heteroatoms. The van der Waals surface area contributed by atoms with Crippen LogP contribution in [0, 0.1) is 12.7 Å². The maximum absolute atomic E-state index is 13.4. The van der Waals surface area contributed by atoms with Crippen LogP contribution in [-0.4, -0.2) is 18.5 Å². The van der Waals surface area contributed by atoms with Gasteiger partial charge < -0.3 is 10.6 Å². The zero-order valence-corrected chi connectivity index (χ0v) is 10.5. The van der Waals surface area contributed by atoms with Gasteiger partial charge in [-0.15, -0.1) is 0 Å². The number of carbonyl (C=O) groups is 1. The first-order valence-corrected chi connectivity index (χ1v) is 5.78. The van der Waals surface area contributed by atoms with Gasteiger partial charge in [-0.25, -0.2) is 4.39 Å². The van der Waals surface area contributed by atoms with Crippen molar-refractivity contribution in [3.63, 3.8) is 0 Å². The molecule has 17 heavy (non-hydrogen) atoms. The standard InChI is InChI=1S/C13H19FN2O/c1-9(2)15-7-6-13(17)16-12-5-4-10(3)8-11(12)14/h4-5,8-9,15H,6-7H2,1-3H3,(H,16,17). The highest BCUT2D eigenvalue weighted by Crippen LogP contribution is 2.15.